The highest BCUT2D eigenvalue weighted by atomic mass is 16.3. The van der Waals surface area contributed by atoms with Crippen molar-refractivity contribution in [3.8, 4) is 0 Å². The number of aliphatic hydroxyl groups is 4. The monoisotopic (exact) mass is 792 g/mol. The number of hydrogen-bond acceptors (Lipinski definition) is 5. The molecule has 6 heteroatoms. The van der Waals surface area contributed by atoms with Crippen LogP contribution in [-0.2, 0) is 4.79 Å². The smallest absolute Gasteiger partial charge is 0.249 e. The number of aliphatic hydroxyl groups excluding tert-OH is 4. The highest BCUT2D eigenvalue weighted by Crippen LogP contribution is 2.17. The van der Waals surface area contributed by atoms with Gasteiger partial charge >= 0.3 is 0 Å². The molecule has 0 bridgehead atoms. The summed E-state index contributed by atoms with van der Waals surface area (Å²) in [6.45, 7) is 4.06. The Morgan fingerprint density at radius 3 is 1.12 bits per heavy atom. The SMILES string of the molecule is CCCCCCCCCCCCC/C=C/CC/C=C/CCCC(O)C(O)C(CO)NC(=O)C(O)CCCCCCCCCCCCCCCCCCCCCC. The molecule has 5 N–H and O–H groups in total. The van der Waals surface area contributed by atoms with E-state index in [1.165, 1.54) is 186 Å². The van der Waals surface area contributed by atoms with Gasteiger partial charge in [-0.15, -0.1) is 0 Å². The zero-order valence-corrected chi connectivity index (χ0v) is 37.4. The van der Waals surface area contributed by atoms with E-state index in [0.717, 1.165) is 38.5 Å². The van der Waals surface area contributed by atoms with Gasteiger partial charge in [0.1, 0.15) is 12.2 Å². The van der Waals surface area contributed by atoms with Crippen molar-refractivity contribution in [2.45, 2.75) is 282 Å². The molecule has 0 aliphatic carbocycles. The van der Waals surface area contributed by atoms with E-state index in [2.05, 4.69) is 43.5 Å². The third-order valence-electron chi connectivity index (χ3n) is 11.6. The lowest BCUT2D eigenvalue weighted by molar-refractivity contribution is -0.132. The molecule has 0 radical (unpaired) electrons. The Labute approximate surface area is 348 Å². The highest BCUT2D eigenvalue weighted by Gasteiger charge is 2.28. The van der Waals surface area contributed by atoms with Crippen molar-refractivity contribution in [1.82, 2.24) is 5.32 Å². The van der Waals surface area contributed by atoms with Crippen LogP contribution in [0.2, 0.25) is 0 Å². The van der Waals surface area contributed by atoms with Crippen LogP contribution in [-0.4, -0.2) is 57.3 Å². The molecule has 332 valence electrons. The fourth-order valence-corrected chi connectivity index (χ4v) is 7.72. The van der Waals surface area contributed by atoms with E-state index in [9.17, 15) is 25.2 Å². The second kappa shape index (κ2) is 44.9. The van der Waals surface area contributed by atoms with Gasteiger partial charge < -0.3 is 25.7 Å². The molecule has 0 aromatic carbocycles. The van der Waals surface area contributed by atoms with Gasteiger partial charge in [-0.25, -0.2) is 0 Å². The minimum Gasteiger partial charge on any atom is -0.394 e. The molecule has 4 atom stereocenters. The van der Waals surface area contributed by atoms with Gasteiger partial charge in [-0.1, -0.05) is 231 Å². The van der Waals surface area contributed by atoms with Gasteiger partial charge in [-0.05, 0) is 51.4 Å². The average molecular weight is 792 g/mol. The van der Waals surface area contributed by atoms with Gasteiger partial charge in [-0.2, -0.15) is 0 Å². The summed E-state index contributed by atoms with van der Waals surface area (Å²) in [4.78, 5) is 12.5. The van der Waals surface area contributed by atoms with Crippen LogP contribution in [0.5, 0.6) is 0 Å². The Morgan fingerprint density at radius 2 is 0.750 bits per heavy atom. The molecule has 56 heavy (non-hydrogen) atoms. The number of unbranched alkanes of at least 4 members (excludes halogenated alkanes) is 32. The van der Waals surface area contributed by atoms with Gasteiger partial charge in [-0.3, -0.25) is 4.79 Å². The lowest BCUT2D eigenvalue weighted by atomic mass is 10.00. The van der Waals surface area contributed by atoms with Crippen molar-refractivity contribution < 1.29 is 25.2 Å². The third kappa shape index (κ3) is 38.3. The molecule has 0 aliphatic rings. The molecule has 0 spiro atoms. The first-order chi connectivity index (χ1) is 27.5. The molecule has 0 rings (SSSR count). The zero-order valence-electron chi connectivity index (χ0n) is 37.4. The summed E-state index contributed by atoms with van der Waals surface area (Å²) >= 11 is 0. The predicted octanol–water partition coefficient (Wildman–Crippen LogP) is 13.5. The van der Waals surface area contributed by atoms with Crippen molar-refractivity contribution in [2.75, 3.05) is 6.61 Å². The number of carbonyl (C=O) groups is 1. The second-order valence-electron chi connectivity index (χ2n) is 17.2. The lowest BCUT2D eigenvalue weighted by Gasteiger charge is -2.27. The number of carbonyl (C=O) groups excluding carboxylic acids is 1. The Hall–Kier alpha value is -1.21. The maximum Gasteiger partial charge on any atom is 0.249 e. The van der Waals surface area contributed by atoms with Crippen LogP contribution in [0.15, 0.2) is 24.3 Å². The molecule has 0 aromatic rings. The van der Waals surface area contributed by atoms with E-state index in [0.29, 0.717) is 19.3 Å². The van der Waals surface area contributed by atoms with Crippen molar-refractivity contribution in [3.63, 3.8) is 0 Å². The van der Waals surface area contributed by atoms with Gasteiger partial charge in [0.25, 0.3) is 0 Å². The number of nitrogens with one attached hydrogen (secondary N) is 1. The largest absolute Gasteiger partial charge is 0.394 e. The van der Waals surface area contributed by atoms with E-state index in [1.54, 1.807) is 0 Å². The molecule has 1 amide bonds. The summed E-state index contributed by atoms with van der Waals surface area (Å²) in [7, 11) is 0. The van der Waals surface area contributed by atoms with Crippen molar-refractivity contribution >= 4 is 5.91 Å². The molecule has 6 nitrogen and oxygen atoms in total. The van der Waals surface area contributed by atoms with Crippen LogP contribution in [0.25, 0.3) is 0 Å². The lowest BCUT2D eigenvalue weighted by Crippen LogP contribution is -2.53. The van der Waals surface area contributed by atoms with E-state index in [-0.39, 0.29) is 0 Å². The van der Waals surface area contributed by atoms with Crippen LogP contribution < -0.4 is 5.32 Å². The summed E-state index contributed by atoms with van der Waals surface area (Å²) in [5.74, 6) is -0.594. The molecule has 0 fully saturated rings. The van der Waals surface area contributed by atoms with Crippen molar-refractivity contribution in [1.29, 1.82) is 0 Å². The van der Waals surface area contributed by atoms with Gasteiger partial charge in [0, 0.05) is 0 Å². The first-order valence-electron chi connectivity index (χ1n) is 24.7. The van der Waals surface area contributed by atoms with Crippen LogP contribution in [0.1, 0.15) is 258 Å². The topological polar surface area (TPSA) is 110 Å². The molecule has 0 aromatic heterocycles. The first-order valence-corrected chi connectivity index (χ1v) is 24.7. The highest BCUT2D eigenvalue weighted by molar-refractivity contribution is 5.80. The van der Waals surface area contributed by atoms with Gasteiger partial charge in [0.05, 0.1) is 18.8 Å². The minimum atomic E-state index is -1.29. The summed E-state index contributed by atoms with van der Waals surface area (Å²) in [6.07, 6.45) is 52.2. The van der Waals surface area contributed by atoms with E-state index in [1.807, 2.05) is 0 Å². The molecule has 0 aliphatic heterocycles. The Kier molecular flexibility index (Phi) is 43.9. The Bertz CT molecular complexity index is 847. The second-order valence-corrected chi connectivity index (χ2v) is 17.2. The fourth-order valence-electron chi connectivity index (χ4n) is 7.72. The average Bonchev–Trinajstić information content (AvgIpc) is 3.20. The van der Waals surface area contributed by atoms with Crippen molar-refractivity contribution in [3.05, 3.63) is 24.3 Å². The maximum absolute atomic E-state index is 12.5. The summed E-state index contributed by atoms with van der Waals surface area (Å²) < 4.78 is 0. The summed E-state index contributed by atoms with van der Waals surface area (Å²) in [5.41, 5.74) is 0. The Morgan fingerprint density at radius 1 is 0.429 bits per heavy atom. The predicted molar refractivity (Wildman–Crippen MR) is 242 cm³/mol. The van der Waals surface area contributed by atoms with Crippen molar-refractivity contribution in [2.24, 2.45) is 0 Å². The van der Waals surface area contributed by atoms with E-state index >= 15 is 0 Å². The maximum atomic E-state index is 12.5. The number of allylic oxidation sites excluding steroid dienone is 4. The number of amides is 1. The Balaban J connectivity index is 3.73. The van der Waals surface area contributed by atoms with Crippen LogP contribution in [0.4, 0.5) is 0 Å². The minimum absolute atomic E-state index is 0.364. The summed E-state index contributed by atoms with van der Waals surface area (Å²) in [6, 6.07) is -1.01. The number of hydrogen-bond donors (Lipinski definition) is 5. The molecular formula is C50H97NO5. The zero-order chi connectivity index (χ0) is 41.0. The summed E-state index contributed by atoms with van der Waals surface area (Å²) in [5, 5.41) is 43.8. The quantitative estimate of drug-likeness (QED) is 0.0312. The number of rotatable bonds is 45. The van der Waals surface area contributed by atoms with Gasteiger partial charge in [0.2, 0.25) is 5.91 Å². The molecule has 4 unspecified atom stereocenters. The van der Waals surface area contributed by atoms with Crippen LogP contribution >= 0.6 is 0 Å². The fraction of sp³-hybridized carbons (Fsp3) is 0.900. The van der Waals surface area contributed by atoms with Gasteiger partial charge in [0.15, 0.2) is 0 Å². The first kappa shape index (κ1) is 54.8. The van der Waals surface area contributed by atoms with Crippen LogP contribution in [0.3, 0.4) is 0 Å². The molecular weight excluding hydrogens is 695 g/mol. The molecule has 0 heterocycles. The molecule has 0 saturated heterocycles. The van der Waals surface area contributed by atoms with Crippen LogP contribution in [0, 0.1) is 0 Å². The normalized spacial score (nSPS) is 14.2. The third-order valence-corrected chi connectivity index (χ3v) is 11.6. The van der Waals surface area contributed by atoms with E-state index in [4.69, 9.17) is 0 Å². The standard InChI is InChI=1S/C50H97NO5/c1-3-5-7-9-11-13-15-17-19-21-23-25-27-29-31-33-35-37-39-41-43-47(53)49(55)46(45-52)51-50(56)48(54)44-42-40-38-36-34-32-30-28-26-24-22-20-18-16-14-12-10-8-6-4-2/h27,29,35,37,46-49,52-55H,3-26,28,30-34,36,38-45H2,1-2H3,(H,51,56)/b29-27+,37-35+. The van der Waals surface area contributed by atoms with E-state index < -0.39 is 36.9 Å². The molecule has 0 saturated carbocycles.